The zero-order valence-corrected chi connectivity index (χ0v) is 37.9. The van der Waals surface area contributed by atoms with Crippen molar-refractivity contribution in [2.24, 2.45) is 11.8 Å². The topological polar surface area (TPSA) is 108 Å². The van der Waals surface area contributed by atoms with Gasteiger partial charge >= 0.3 is 0 Å². The van der Waals surface area contributed by atoms with Crippen molar-refractivity contribution in [3.8, 4) is 11.8 Å². The summed E-state index contributed by atoms with van der Waals surface area (Å²) in [7, 11) is 0. The summed E-state index contributed by atoms with van der Waals surface area (Å²) < 4.78 is 50.2. The first-order valence-corrected chi connectivity index (χ1v) is 23.0. The largest absolute Gasteiger partial charge is 0.462 e. The van der Waals surface area contributed by atoms with Crippen molar-refractivity contribution < 1.29 is 47.5 Å². The van der Waals surface area contributed by atoms with E-state index in [2.05, 4.69) is 50.0 Å². The van der Waals surface area contributed by atoms with Gasteiger partial charge in [-0.25, -0.2) is 0 Å². The molecule has 4 aromatic rings. The molecule has 1 aliphatic rings. The van der Waals surface area contributed by atoms with Crippen LogP contribution in [0.25, 0.3) is 0 Å². The highest BCUT2D eigenvalue weighted by Crippen LogP contribution is 2.27. The van der Waals surface area contributed by atoms with Crippen LogP contribution in [0.4, 0.5) is 0 Å². The van der Waals surface area contributed by atoms with Crippen LogP contribution >= 0.6 is 0 Å². The van der Waals surface area contributed by atoms with Crippen LogP contribution in [0, 0.1) is 23.7 Å². The van der Waals surface area contributed by atoms with Gasteiger partial charge in [-0.05, 0) is 60.3 Å². The fourth-order valence-corrected chi connectivity index (χ4v) is 7.77. The van der Waals surface area contributed by atoms with Crippen molar-refractivity contribution >= 4 is 12.9 Å². The molecule has 0 N–H and O–H groups in total. The van der Waals surface area contributed by atoms with Gasteiger partial charge in [-0.3, -0.25) is 9.59 Å². The fourth-order valence-electron chi connectivity index (χ4n) is 7.77. The molecule has 5 rings (SSSR count). The third kappa shape index (κ3) is 18.3. The average Bonchev–Trinajstić information content (AvgIpc) is 3.34. The van der Waals surface area contributed by atoms with Gasteiger partial charge in [0.05, 0.1) is 57.5 Å². The monoisotopic (exact) mass is 876 g/mol. The number of hydrogen-bond donors (Lipinski definition) is 0. The molecule has 0 spiro atoms. The van der Waals surface area contributed by atoms with E-state index in [1.807, 2.05) is 104 Å². The van der Waals surface area contributed by atoms with Gasteiger partial charge in [-0.2, -0.15) is 0 Å². The maximum Gasteiger partial charge on any atom is 0.294 e. The molecule has 0 saturated carbocycles. The Bertz CT molecular complexity index is 1880. The number of ether oxygens (including phenoxy) is 8. The van der Waals surface area contributed by atoms with E-state index < -0.39 is 24.4 Å². The molecule has 0 bridgehead atoms. The highest BCUT2D eigenvalue weighted by atomic mass is 16.7. The average molecular weight is 877 g/mol. The van der Waals surface area contributed by atoms with Crippen molar-refractivity contribution in [1.29, 1.82) is 0 Å². The van der Waals surface area contributed by atoms with Crippen LogP contribution in [0.5, 0.6) is 0 Å². The molecule has 0 aliphatic carbocycles. The number of carbonyl (C=O) groups is 2. The molecule has 4 aromatic carbocycles. The minimum atomic E-state index is -0.745. The van der Waals surface area contributed by atoms with Crippen LogP contribution in [0.2, 0.25) is 0 Å². The molecule has 10 heteroatoms. The van der Waals surface area contributed by atoms with Crippen molar-refractivity contribution in [2.75, 3.05) is 13.2 Å². The van der Waals surface area contributed by atoms with Crippen LogP contribution in [0.3, 0.4) is 0 Å². The molecule has 2 unspecified atom stereocenters. The van der Waals surface area contributed by atoms with Crippen molar-refractivity contribution in [3.05, 3.63) is 144 Å². The van der Waals surface area contributed by atoms with E-state index in [0.717, 1.165) is 47.9 Å². The van der Waals surface area contributed by atoms with E-state index in [-0.39, 0.29) is 30.3 Å². The molecule has 0 aromatic heterocycles. The predicted octanol–water partition coefficient (Wildman–Crippen LogP) is 10.2. The molecule has 1 heterocycles. The van der Waals surface area contributed by atoms with Crippen LogP contribution < -0.4 is 0 Å². The summed E-state index contributed by atoms with van der Waals surface area (Å²) in [6, 6.07) is 40.2. The van der Waals surface area contributed by atoms with Gasteiger partial charge in [-0.15, -0.1) is 0 Å². The number of carbonyl (C=O) groups excluding carboxylic acids is 2. The highest BCUT2D eigenvalue weighted by Gasteiger charge is 2.33. The lowest BCUT2D eigenvalue weighted by molar-refractivity contribution is -0.188. The fraction of sp³-hybridized carbons (Fsp3) is 0.481. The second-order valence-corrected chi connectivity index (χ2v) is 16.6. The maximum absolute atomic E-state index is 11.9. The molecule has 1 aliphatic heterocycles. The van der Waals surface area contributed by atoms with E-state index in [4.69, 9.17) is 37.9 Å². The highest BCUT2D eigenvalue weighted by molar-refractivity contribution is 5.39. The Kier molecular flexibility index (Phi) is 23.2. The van der Waals surface area contributed by atoms with E-state index in [1.54, 1.807) is 0 Å². The zero-order valence-electron chi connectivity index (χ0n) is 37.9. The number of rotatable bonds is 30. The van der Waals surface area contributed by atoms with Crippen LogP contribution in [0.15, 0.2) is 121 Å². The van der Waals surface area contributed by atoms with Gasteiger partial charge in [0.25, 0.3) is 12.9 Å². The molecule has 0 radical (unpaired) electrons. The first-order valence-electron chi connectivity index (χ1n) is 23.0. The quantitative estimate of drug-likeness (QED) is 0.0371. The van der Waals surface area contributed by atoms with Gasteiger partial charge in [0.2, 0.25) is 0 Å². The second-order valence-electron chi connectivity index (χ2n) is 16.6. The van der Waals surface area contributed by atoms with Gasteiger partial charge in [0.15, 0.2) is 12.4 Å². The van der Waals surface area contributed by atoms with Crippen LogP contribution in [-0.2, 0) is 73.9 Å². The molecule has 1 fully saturated rings. The predicted molar refractivity (Wildman–Crippen MR) is 246 cm³/mol. The van der Waals surface area contributed by atoms with Crippen LogP contribution in [0.1, 0.15) is 94.4 Å². The Morgan fingerprint density at radius 3 is 1.67 bits per heavy atom. The molecule has 10 nitrogen and oxygen atoms in total. The number of benzene rings is 4. The smallest absolute Gasteiger partial charge is 0.294 e. The van der Waals surface area contributed by atoms with Gasteiger partial charge < -0.3 is 37.9 Å². The second kappa shape index (κ2) is 29.6. The lowest BCUT2D eigenvalue weighted by Crippen LogP contribution is -2.39. The Labute approximate surface area is 381 Å². The first kappa shape index (κ1) is 50.1. The summed E-state index contributed by atoms with van der Waals surface area (Å²) in [6.45, 7) is 9.59. The first-order chi connectivity index (χ1) is 31.4. The molecule has 1 saturated heterocycles. The Hall–Kier alpha value is -4.86. The Morgan fingerprint density at radius 2 is 1.16 bits per heavy atom. The summed E-state index contributed by atoms with van der Waals surface area (Å²) in [5.74, 6) is 6.35. The lowest BCUT2D eigenvalue weighted by atomic mass is 9.89. The molecule has 64 heavy (non-hydrogen) atoms. The van der Waals surface area contributed by atoms with Crippen molar-refractivity contribution in [2.45, 2.75) is 141 Å². The van der Waals surface area contributed by atoms with Gasteiger partial charge in [-0.1, -0.05) is 160 Å². The molecular weight excluding hydrogens is 809 g/mol. The van der Waals surface area contributed by atoms with E-state index in [9.17, 15) is 9.59 Å². The number of hydrogen-bond acceptors (Lipinski definition) is 10. The molecule has 9 atom stereocenters. The minimum Gasteiger partial charge on any atom is -0.462 e. The van der Waals surface area contributed by atoms with Crippen molar-refractivity contribution in [3.63, 3.8) is 0 Å². The van der Waals surface area contributed by atoms with Gasteiger partial charge in [0.1, 0.15) is 6.10 Å². The maximum atomic E-state index is 11.9. The summed E-state index contributed by atoms with van der Waals surface area (Å²) in [4.78, 5) is 23.7. The van der Waals surface area contributed by atoms with E-state index >= 15 is 0 Å². The third-order valence-electron chi connectivity index (χ3n) is 11.7. The normalized spacial score (nSPS) is 17.6. The minimum absolute atomic E-state index is 0.0951. The summed E-state index contributed by atoms with van der Waals surface area (Å²) in [5, 5.41) is 0. The zero-order chi connectivity index (χ0) is 45.0. The molecule has 344 valence electrons. The lowest BCUT2D eigenvalue weighted by Gasteiger charge is -2.32. The molecule has 0 amide bonds. The van der Waals surface area contributed by atoms with Crippen LogP contribution in [-0.4, -0.2) is 69.1 Å². The van der Waals surface area contributed by atoms with E-state index in [0.29, 0.717) is 78.3 Å². The summed E-state index contributed by atoms with van der Waals surface area (Å²) in [5.41, 5.74) is 4.18. The standard InChI is InChI=1S/C54H68O10/c1-4-42(2)54(62-38-47-27-15-8-16-28-47)52(64-41-56)33-43(3)49(63-40-55)29-17-18-30-50(59-36-45-23-11-6-12-24-45)51(60-37-46-25-13-7-14-26-46)34-48(39-61-53-31-19-20-32-57-53)58-35-44-21-9-5-10-22-44/h5-16,21-28,40-43,48-54H,4,18-20,30-39H2,1-3H3/t42-,43-,48+,49?,50-,51+,52+,53?,54-/m1/s1. The Morgan fingerprint density at radius 1 is 0.625 bits per heavy atom. The molecular formula is C54H68O10. The SMILES string of the molecule is CC[C@@H](C)[C@@H](OCc1ccccc1)[C@H](C[C@@H](C)C(C#CCC[C@@H](OCc1ccccc1)[C@H](C[C@@H](COC1CCCCO1)OCc1ccccc1)OCc1ccccc1)OC=O)OC=O. The van der Waals surface area contributed by atoms with E-state index in [1.165, 1.54) is 0 Å². The summed E-state index contributed by atoms with van der Waals surface area (Å²) in [6.07, 6.45) is 2.51. The van der Waals surface area contributed by atoms with Crippen molar-refractivity contribution in [1.82, 2.24) is 0 Å². The summed E-state index contributed by atoms with van der Waals surface area (Å²) >= 11 is 0. The third-order valence-corrected chi connectivity index (χ3v) is 11.7. The van der Waals surface area contributed by atoms with Gasteiger partial charge in [0, 0.05) is 25.4 Å². The Balaban J connectivity index is 1.34.